The van der Waals surface area contributed by atoms with Crippen LogP contribution >= 0.6 is 0 Å². The van der Waals surface area contributed by atoms with Gasteiger partial charge in [0.25, 0.3) is 0 Å². The average molecular weight is 207 g/mol. The molecule has 1 N–H and O–H groups in total. The summed E-state index contributed by atoms with van der Waals surface area (Å²) in [5.74, 6) is 0.131. The Bertz CT molecular complexity index is 508. The van der Waals surface area contributed by atoms with Gasteiger partial charge in [-0.25, -0.2) is 0 Å². The van der Waals surface area contributed by atoms with Crippen molar-refractivity contribution < 1.29 is 13.9 Å². The number of benzene rings is 2. The summed E-state index contributed by atoms with van der Waals surface area (Å²) in [4.78, 5) is 0.252. The van der Waals surface area contributed by atoms with E-state index in [1.54, 1.807) is 18.2 Å². The molecule has 0 saturated heterocycles. The molecule has 4 heteroatoms. The summed E-state index contributed by atoms with van der Waals surface area (Å²) in [5.41, 5.74) is 0. The third kappa shape index (κ3) is 1.49. The summed E-state index contributed by atoms with van der Waals surface area (Å²) in [7, 11) is 0. The van der Waals surface area contributed by atoms with Crippen LogP contribution in [0.1, 0.15) is 0 Å². The first-order chi connectivity index (χ1) is 6.68. The molecule has 0 spiro atoms. The molecule has 0 bridgehead atoms. The highest BCUT2D eigenvalue weighted by Gasteiger charge is 2.01. The molecule has 0 amide bonds. The maximum Gasteiger partial charge on any atom is 0.116 e. The van der Waals surface area contributed by atoms with Gasteiger partial charge in [0.2, 0.25) is 0 Å². The van der Waals surface area contributed by atoms with Crippen molar-refractivity contribution in [1.82, 2.24) is 0 Å². The fourth-order valence-electron chi connectivity index (χ4n) is 1.39. The van der Waals surface area contributed by atoms with Crippen molar-refractivity contribution in [2.24, 2.45) is 0 Å². The van der Waals surface area contributed by atoms with Crippen molar-refractivity contribution in [2.75, 3.05) is 0 Å². The van der Waals surface area contributed by atoms with Gasteiger partial charge in [-0.15, -0.1) is 0 Å². The van der Waals surface area contributed by atoms with E-state index in [1.807, 2.05) is 0 Å². The first-order valence-electron chi connectivity index (χ1n) is 3.99. The SMILES string of the molecule is O=S([O-])c1cccc2cc(O)ccc12. The molecular weight excluding hydrogens is 200 g/mol. The Morgan fingerprint density at radius 2 is 2.00 bits per heavy atom. The van der Waals surface area contributed by atoms with E-state index >= 15 is 0 Å². The van der Waals surface area contributed by atoms with Gasteiger partial charge in [0.1, 0.15) is 5.75 Å². The van der Waals surface area contributed by atoms with Crippen molar-refractivity contribution in [3.63, 3.8) is 0 Å². The Kier molecular flexibility index (Phi) is 2.23. The molecule has 3 nitrogen and oxygen atoms in total. The number of aromatic hydroxyl groups is 1. The van der Waals surface area contributed by atoms with Crippen LogP contribution < -0.4 is 0 Å². The molecular formula is C10H7O3S-. The quantitative estimate of drug-likeness (QED) is 0.725. The smallest absolute Gasteiger partial charge is 0.116 e. The van der Waals surface area contributed by atoms with E-state index in [9.17, 15) is 13.9 Å². The number of phenols is 1. The maximum atomic E-state index is 10.8. The van der Waals surface area contributed by atoms with E-state index in [0.717, 1.165) is 0 Å². The van der Waals surface area contributed by atoms with Crippen LogP contribution in [0.5, 0.6) is 5.75 Å². The summed E-state index contributed by atoms with van der Waals surface area (Å²) in [6.07, 6.45) is 0. The maximum absolute atomic E-state index is 10.8. The summed E-state index contributed by atoms with van der Waals surface area (Å²) in [5, 5.41) is 10.5. The van der Waals surface area contributed by atoms with Crippen LogP contribution in [0.15, 0.2) is 41.3 Å². The van der Waals surface area contributed by atoms with Crippen LogP contribution in [0.25, 0.3) is 10.8 Å². The monoisotopic (exact) mass is 207 g/mol. The Morgan fingerprint density at radius 3 is 2.71 bits per heavy atom. The predicted octanol–water partition coefficient (Wildman–Crippen LogP) is 1.78. The second-order valence-corrected chi connectivity index (χ2v) is 3.81. The molecule has 0 aliphatic heterocycles. The van der Waals surface area contributed by atoms with E-state index in [2.05, 4.69) is 0 Å². The zero-order chi connectivity index (χ0) is 10.1. The minimum Gasteiger partial charge on any atom is -0.768 e. The van der Waals surface area contributed by atoms with Crippen LogP contribution in [0, 0.1) is 0 Å². The highest BCUT2D eigenvalue weighted by Crippen LogP contribution is 2.24. The predicted molar refractivity (Wildman–Crippen MR) is 52.8 cm³/mol. The number of rotatable bonds is 1. The lowest BCUT2D eigenvalue weighted by Gasteiger charge is -2.08. The highest BCUT2D eigenvalue weighted by atomic mass is 32.2. The van der Waals surface area contributed by atoms with E-state index in [4.69, 9.17) is 0 Å². The lowest BCUT2D eigenvalue weighted by atomic mass is 10.1. The standard InChI is InChI=1S/C10H8O3S/c11-8-4-5-9-7(6-8)2-1-3-10(9)14(12)13/h1-6,11H,(H,12,13)/p-1. The second-order valence-electron chi connectivity index (χ2n) is 2.90. The molecule has 0 heterocycles. The zero-order valence-corrected chi connectivity index (χ0v) is 7.95. The lowest BCUT2D eigenvalue weighted by Crippen LogP contribution is -1.89. The minimum absolute atomic E-state index is 0.131. The van der Waals surface area contributed by atoms with Crippen molar-refractivity contribution in [3.05, 3.63) is 36.4 Å². The normalized spacial score (nSPS) is 12.9. The summed E-state index contributed by atoms with van der Waals surface area (Å²) >= 11 is -2.24. The van der Waals surface area contributed by atoms with E-state index < -0.39 is 11.1 Å². The van der Waals surface area contributed by atoms with Gasteiger partial charge in [0, 0.05) is 4.90 Å². The van der Waals surface area contributed by atoms with Crippen LogP contribution in [0.3, 0.4) is 0 Å². The molecule has 14 heavy (non-hydrogen) atoms. The Labute approximate surface area is 83.3 Å². The lowest BCUT2D eigenvalue weighted by molar-refractivity contribution is 0.476. The molecule has 0 aliphatic rings. The molecule has 1 unspecified atom stereocenters. The van der Waals surface area contributed by atoms with Crippen molar-refractivity contribution >= 4 is 21.9 Å². The zero-order valence-electron chi connectivity index (χ0n) is 7.14. The molecule has 1 atom stereocenters. The van der Waals surface area contributed by atoms with E-state index in [0.29, 0.717) is 10.8 Å². The van der Waals surface area contributed by atoms with Crippen molar-refractivity contribution in [3.8, 4) is 5.75 Å². The van der Waals surface area contributed by atoms with Crippen LogP contribution in [-0.4, -0.2) is 13.9 Å². The Balaban J connectivity index is 2.81. The third-order valence-electron chi connectivity index (χ3n) is 2.00. The van der Waals surface area contributed by atoms with Gasteiger partial charge >= 0.3 is 0 Å². The number of hydrogen-bond donors (Lipinski definition) is 1. The Morgan fingerprint density at radius 1 is 1.21 bits per heavy atom. The van der Waals surface area contributed by atoms with E-state index in [-0.39, 0.29) is 10.6 Å². The van der Waals surface area contributed by atoms with Crippen molar-refractivity contribution in [2.45, 2.75) is 4.90 Å². The van der Waals surface area contributed by atoms with Gasteiger partial charge in [0.15, 0.2) is 0 Å². The van der Waals surface area contributed by atoms with Crippen LogP contribution in [-0.2, 0) is 11.1 Å². The van der Waals surface area contributed by atoms with E-state index in [1.165, 1.54) is 18.2 Å². The number of phenolic OH excluding ortho intramolecular Hbond substituents is 1. The van der Waals surface area contributed by atoms with Crippen molar-refractivity contribution in [1.29, 1.82) is 0 Å². The molecule has 0 radical (unpaired) electrons. The molecule has 0 saturated carbocycles. The van der Waals surface area contributed by atoms with Gasteiger partial charge in [-0.05, 0) is 46.1 Å². The highest BCUT2D eigenvalue weighted by molar-refractivity contribution is 7.79. The molecule has 0 aliphatic carbocycles. The first kappa shape index (κ1) is 9.18. The molecule has 72 valence electrons. The summed E-state index contributed by atoms with van der Waals surface area (Å²) in [6, 6.07) is 9.53. The largest absolute Gasteiger partial charge is 0.768 e. The van der Waals surface area contributed by atoms with Crippen LogP contribution in [0.4, 0.5) is 0 Å². The van der Waals surface area contributed by atoms with Gasteiger partial charge in [0.05, 0.1) is 0 Å². The molecule has 0 fully saturated rings. The summed E-state index contributed by atoms with van der Waals surface area (Å²) < 4.78 is 21.7. The molecule has 2 aromatic carbocycles. The summed E-state index contributed by atoms with van der Waals surface area (Å²) in [6.45, 7) is 0. The van der Waals surface area contributed by atoms with Gasteiger partial charge in [-0.3, -0.25) is 4.21 Å². The molecule has 2 rings (SSSR count). The van der Waals surface area contributed by atoms with Gasteiger partial charge in [-0.1, -0.05) is 12.1 Å². The number of hydrogen-bond acceptors (Lipinski definition) is 3. The third-order valence-corrected chi connectivity index (χ3v) is 2.72. The first-order valence-corrected chi connectivity index (χ1v) is 5.07. The Hall–Kier alpha value is -1.39. The molecule has 0 aromatic heterocycles. The van der Waals surface area contributed by atoms with Gasteiger partial charge in [-0.2, -0.15) is 0 Å². The fraction of sp³-hybridized carbons (Fsp3) is 0. The second kappa shape index (κ2) is 3.40. The topological polar surface area (TPSA) is 60.4 Å². The van der Waals surface area contributed by atoms with Crippen LogP contribution in [0.2, 0.25) is 0 Å². The average Bonchev–Trinajstić information content (AvgIpc) is 2.16. The fourth-order valence-corrected chi connectivity index (χ4v) is 1.94. The minimum atomic E-state index is -2.24. The molecule has 2 aromatic rings. The van der Waals surface area contributed by atoms with Gasteiger partial charge < -0.3 is 9.66 Å². The number of fused-ring (bicyclic) bond motifs is 1.